The lowest BCUT2D eigenvalue weighted by atomic mass is 9.77. The maximum Gasteiger partial charge on any atom is 0.261 e. The maximum absolute atomic E-state index is 13.1. The molecule has 0 saturated heterocycles. The number of hydrogen-bond acceptors (Lipinski definition) is 3. The van der Waals surface area contributed by atoms with Gasteiger partial charge in [0.05, 0.1) is 10.9 Å². The van der Waals surface area contributed by atoms with Gasteiger partial charge in [0, 0.05) is 17.3 Å². The molecule has 2 aliphatic rings. The summed E-state index contributed by atoms with van der Waals surface area (Å²) in [7, 11) is -3.67. The van der Waals surface area contributed by atoms with Crippen LogP contribution >= 0.6 is 0 Å². The topological polar surface area (TPSA) is 58.2 Å². The highest BCUT2D eigenvalue weighted by molar-refractivity contribution is 7.92. The van der Waals surface area contributed by atoms with Crippen LogP contribution < -0.4 is 10.0 Å². The van der Waals surface area contributed by atoms with Gasteiger partial charge in [-0.15, -0.1) is 0 Å². The highest BCUT2D eigenvalue weighted by Gasteiger charge is 2.38. The molecule has 5 rings (SSSR count). The summed E-state index contributed by atoms with van der Waals surface area (Å²) in [5, 5.41) is 3.67. The lowest BCUT2D eigenvalue weighted by Gasteiger charge is -2.37. The van der Waals surface area contributed by atoms with Crippen molar-refractivity contribution in [3.8, 4) is 0 Å². The third kappa shape index (κ3) is 3.63. The highest BCUT2D eigenvalue weighted by atomic mass is 32.2. The molecule has 3 atom stereocenters. The summed E-state index contributed by atoms with van der Waals surface area (Å²) in [6, 6.07) is 21.7. The van der Waals surface area contributed by atoms with E-state index in [1.54, 1.807) is 12.1 Å². The average molecular weight is 431 g/mol. The molecule has 0 amide bonds. The van der Waals surface area contributed by atoms with Crippen LogP contribution in [0.25, 0.3) is 0 Å². The van der Waals surface area contributed by atoms with E-state index in [0.717, 1.165) is 28.8 Å². The van der Waals surface area contributed by atoms with Gasteiger partial charge in [0.2, 0.25) is 0 Å². The van der Waals surface area contributed by atoms with Gasteiger partial charge in [0.25, 0.3) is 10.0 Å². The van der Waals surface area contributed by atoms with Crippen LogP contribution in [0.5, 0.6) is 0 Å². The molecule has 0 saturated carbocycles. The van der Waals surface area contributed by atoms with Gasteiger partial charge in [-0.2, -0.15) is 0 Å². The Morgan fingerprint density at radius 3 is 2.52 bits per heavy atom. The largest absolute Gasteiger partial charge is 0.378 e. The fraction of sp³-hybridized carbons (Fsp3) is 0.231. The molecule has 31 heavy (non-hydrogen) atoms. The van der Waals surface area contributed by atoms with Crippen molar-refractivity contribution in [2.24, 2.45) is 5.92 Å². The number of fused-ring (bicyclic) bond motifs is 3. The van der Waals surface area contributed by atoms with Crippen molar-refractivity contribution in [1.82, 2.24) is 0 Å². The van der Waals surface area contributed by atoms with Gasteiger partial charge >= 0.3 is 0 Å². The summed E-state index contributed by atoms with van der Waals surface area (Å²) >= 11 is 0. The SMILES string of the molecule is Cc1ccc(NS(=O)(=O)c2ccc3c(c2)[C@H]2C=CC[C@H]2[C@@H](c2ccccc2)N3)cc1C. The van der Waals surface area contributed by atoms with E-state index in [1.165, 1.54) is 5.56 Å². The molecule has 1 heterocycles. The molecule has 1 aliphatic heterocycles. The molecule has 0 fully saturated rings. The summed E-state index contributed by atoms with van der Waals surface area (Å²) < 4.78 is 29.0. The van der Waals surface area contributed by atoms with Crippen molar-refractivity contribution in [2.75, 3.05) is 10.0 Å². The van der Waals surface area contributed by atoms with Crippen molar-refractivity contribution in [1.29, 1.82) is 0 Å². The normalized spacial score (nSPS) is 21.8. The van der Waals surface area contributed by atoms with Crippen molar-refractivity contribution in [3.63, 3.8) is 0 Å². The summed E-state index contributed by atoms with van der Waals surface area (Å²) in [6.07, 6.45) is 5.43. The van der Waals surface area contributed by atoms with Gasteiger partial charge in [0.15, 0.2) is 0 Å². The zero-order valence-corrected chi connectivity index (χ0v) is 18.5. The van der Waals surface area contributed by atoms with Gasteiger partial charge in [-0.1, -0.05) is 48.6 Å². The molecule has 4 nitrogen and oxygen atoms in total. The quantitative estimate of drug-likeness (QED) is 0.504. The summed E-state index contributed by atoms with van der Waals surface area (Å²) in [6.45, 7) is 3.99. The third-order valence-electron chi connectivity index (χ3n) is 6.56. The summed E-state index contributed by atoms with van der Waals surface area (Å²) in [5.74, 6) is 0.582. The van der Waals surface area contributed by atoms with Crippen LogP contribution in [0.3, 0.4) is 0 Å². The molecule has 0 bridgehead atoms. The second kappa shape index (κ2) is 7.57. The van der Waals surface area contributed by atoms with E-state index in [2.05, 4.69) is 46.5 Å². The monoisotopic (exact) mass is 430 g/mol. The highest BCUT2D eigenvalue weighted by Crippen LogP contribution is 2.50. The fourth-order valence-electron chi connectivity index (χ4n) is 4.75. The lowest BCUT2D eigenvalue weighted by molar-refractivity contribution is 0.425. The standard InChI is InChI=1S/C26H26N2O2S/c1-17-11-12-20(15-18(17)2)28-31(29,30)21-13-14-25-24(16-21)22-9-6-10-23(22)26(27-25)19-7-4-3-5-8-19/h3-9,11-16,22-23,26-28H,10H2,1-2H3/t22-,23+,26+/m0/s1. The average Bonchev–Trinajstić information content (AvgIpc) is 3.26. The van der Waals surface area contributed by atoms with Crippen LogP contribution in [0.4, 0.5) is 11.4 Å². The molecule has 158 valence electrons. The van der Waals surface area contributed by atoms with Crippen molar-refractivity contribution in [3.05, 3.63) is 101 Å². The number of hydrogen-bond donors (Lipinski definition) is 2. The molecule has 1 aliphatic carbocycles. The summed E-state index contributed by atoms with van der Waals surface area (Å²) in [5.41, 5.74) is 6.10. The molecule has 0 spiro atoms. The molecule has 5 heteroatoms. The Bertz CT molecular complexity index is 1270. The maximum atomic E-state index is 13.1. The predicted molar refractivity (Wildman–Crippen MR) is 126 cm³/mol. The first-order valence-electron chi connectivity index (χ1n) is 10.6. The Balaban J connectivity index is 1.48. The Morgan fingerprint density at radius 1 is 0.935 bits per heavy atom. The van der Waals surface area contributed by atoms with Crippen LogP contribution in [0.2, 0.25) is 0 Å². The third-order valence-corrected chi connectivity index (χ3v) is 7.94. The number of nitrogens with one attached hydrogen (secondary N) is 2. The molecule has 0 aromatic heterocycles. The van der Waals surface area contributed by atoms with Gasteiger partial charge in [-0.3, -0.25) is 4.72 Å². The lowest BCUT2D eigenvalue weighted by Crippen LogP contribution is -2.29. The van der Waals surface area contributed by atoms with E-state index < -0.39 is 10.0 Å². The molecule has 3 aromatic rings. The Labute approximate surface area is 184 Å². The van der Waals surface area contributed by atoms with E-state index in [4.69, 9.17) is 0 Å². The van der Waals surface area contributed by atoms with Gasteiger partial charge in [0.1, 0.15) is 0 Å². The van der Waals surface area contributed by atoms with Gasteiger partial charge in [-0.05, 0) is 78.8 Å². The summed E-state index contributed by atoms with van der Waals surface area (Å²) in [4.78, 5) is 0.295. The van der Waals surface area contributed by atoms with E-state index in [1.807, 2.05) is 44.2 Å². The smallest absolute Gasteiger partial charge is 0.261 e. The van der Waals surface area contributed by atoms with Crippen molar-refractivity contribution >= 4 is 21.4 Å². The van der Waals surface area contributed by atoms with Crippen LogP contribution in [-0.2, 0) is 10.0 Å². The number of anilines is 2. The molecular formula is C26H26N2O2S. The number of sulfonamides is 1. The second-order valence-electron chi connectivity index (χ2n) is 8.54. The first kappa shape index (κ1) is 19.9. The van der Waals surface area contributed by atoms with E-state index in [9.17, 15) is 8.42 Å². The Kier molecular flexibility index (Phi) is 4.86. The van der Waals surface area contributed by atoms with Gasteiger partial charge in [-0.25, -0.2) is 8.42 Å². The minimum absolute atomic E-state index is 0.207. The minimum Gasteiger partial charge on any atom is -0.378 e. The minimum atomic E-state index is -3.67. The number of allylic oxidation sites excluding steroid dienone is 2. The molecule has 3 aromatic carbocycles. The fourth-order valence-corrected chi connectivity index (χ4v) is 5.83. The first-order chi connectivity index (χ1) is 14.9. The number of aryl methyl sites for hydroxylation is 2. The van der Waals surface area contributed by atoms with Gasteiger partial charge < -0.3 is 5.32 Å². The van der Waals surface area contributed by atoms with E-state index >= 15 is 0 Å². The molecule has 0 unspecified atom stereocenters. The number of benzene rings is 3. The number of rotatable bonds is 4. The molecule has 0 radical (unpaired) electrons. The van der Waals surface area contributed by atoms with Crippen LogP contribution in [0, 0.1) is 19.8 Å². The zero-order chi connectivity index (χ0) is 21.6. The van der Waals surface area contributed by atoms with Crippen LogP contribution in [0.1, 0.15) is 40.6 Å². The van der Waals surface area contributed by atoms with Crippen LogP contribution in [0.15, 0.2) is 83.8 Å². The van der Waals surface area contributed by atoms with Crippen molar-refractivity contribution < 1.29 is 8.42 Å². The Hall–Kier alpha value is -3.05. The van der Waals surface area contributed by atoms with Crippen LogP contribution in [-0.4, -0.2) is 8.42 Å². The second-order valence-corrected chi connectivity index (χ2v) is 10.2. The molecule has 2 N–H and O–H groups in total. The van der Waals surface area contributed by atoms with Crippen molar-refractivity contribution in [2.45, 2.75) is 37.1 Å². The zero-order valence-electron chi connectivity index (χ0n) is 17.7. The van der Waals surface area contributed by atoms with E-state index in [-0.39, 0.29) is 12.0 Å². The Morgan fingerprint density at radius 2 is 1.74 bits per heavy atom. The predicted octanol–water partition coefficient (Wildman–Crippen LogP) is 5.93. The van der Waals surface area contributed by atoms with E-state index in [0.29, 0.717) is 16.5 Å². The molecular weight excluding hydrogens is 404 g/mol. The first-order valence-corrected chi connectivity index (χ1v) is 12.1.